The molecule has 0 aliphatic heterocycles. The number of ether oxygens (including phenoxy) is 3. The van der Waals surface area contributed by atoms with Crippen molar-refractivity contribution in [1.82, 2.24) is 0 Å². The number of carbonyl (C=O) groups excluding carboxylic acids is 1. The van der Waals surface area contributed by atoms with Crippen LogP contribution in [0.15, 0.2) is 0 Å². The zero-order valence-corrected chi connectivity index (χ0v) is 21.2. The molecule has 0 amide bonds. The van der Waals surface area contributed by atoms with Gasteiger partial charge in [-0.25, -0.2) is 4.79 Å². The zero-order valence-electron chi connectivity index (χ0n) is 21.2. The molecule has 11 nitrogen and oxygen atoms in total. The molecule has 7 unspecified atom stereocenters. The molecular formula is C24H48O11. The molecule has 11 heteroatoms. The van der Waals surface area contributed by atoms with Crippen LogP contribution in [-0.2, 0) is 19.0 Å². The fourth-order valence-corrected chi connectivity index (χ4v) is 3.51. The molecule has 0 saturated heterocycles. The minimum Gasteiger partial charge on any atom is -0.455 e. The molecule has 0 bridgehead atoms. The van der Waals surface area contributed by atoms with Crippen LogP contribution >= 0.6 is 0 Å². The third-order valence-corrected chi connectivity index (χ3v) is 5.85. The van der Waals surface area contributed by atoms with Crippen molar-refractivity contribution in [3.05, 3.63) is 0 Å². The van der Waals surface area contributed by atoms with E-state index in [1.807, 2.05) is 6.92 Å². The maximum absolute atomic E-state index is 12.2. The Balaban J connectivity index is 4.56. The van der Waals surface area contributed by atoms with Crippen LogP contribution in [0.1, 0.15) is 78.1 Å². The molecule has 0 heterocycles. The highest BCUT2D eigenvalue weighted by atomic mass is 16.7. The summed E-state index contributed by atoms with van der Waals surface area (Å²) in [5.41, 5.74) is 0. The van der Waals surface area contributed by atoms with Crippen molar-refractivity contribution in [2.75, 3.05) is 26.6 Å². The molecule has 0 radical (unpaired) electrons. The highest BCUT2D eigenvalue weighted by molar-refractivity contribution is 5.75. The van der Waals surface area contributed by atoms with Gasteiger partial charge in [-0.1, -0.05) is 58.3 Å². The van der Waals surface area contributed by atoms with E-state index in [0.29, 0.717) is 0 Å². The molecule has 7 atom stereocenters. The summed E-state index contributed by atoms with van der Waals surface area (Å²) in [7, 11) is 0. The van der Waals surface area contributed by atoms with Gasteiger partial charge < -0.3 is 50.0 Å². The van der Waals surface area contributed by atoms with Gasteiger partial charge in [0.15, 0.2) is 12.2 Å². The summed E-state index contributed by atoms with van der Waals surface area (Å²) in [6, 6.07) is 0. The normalized spacial score (nSPS) is 17.9. The molecular weight excluding hydrogens is 464 g/mol. The van der Waals surface area contributed by atoms with E-state index in [4.69, 9.17) is 19.3 Å². The van der Waals surface area contributed by atoms with Gasteiger partial charge in [-0.15, -0.1) is 0 Å². The molecule has 7 N–H and O–H groups in total. The molecule has 0 rings (SSSR count). The Bertz CT molecular complexity index is 508. The van der Waals surface area contributed by atoms with E-state index in [2.05, 4.69) is 6.92 Å². The standard InChI is InChI=1S/C24H48O11/c1-3-4-5-6-7-8-9-10-11-17(2)33-16-34-20(15-27)23(19(29)14-26)35-24(32)22(31)21(30)18(28)12-13-25/h17-23,25-31H,3-16H2,1-2H3. The van der Waals surface area contributed by atoms with Gasteiger partial charge in [0, 0.05) is 6.61 Å². The third-order valence-electron chi connectivity index (χ3n) is 5.85. The lowest BCUT2D eigenvalue weighted by Crippen LogP contribution is -2.50. The fourth-order valence-electron chi connectivity index (χ4n) is 3.51. The van der Waals surface area contributed by atoms with Crippen molar-refractivity contribution < 1.29 is 54.8 Å². The number of carbonyl (C=O) groups is 1. The predicted molar refractivity (Wildman–Crippen MR) is 127 cm³/mol. The van der Waals surface area contributed by atoms with E-state index < -0.39 is 62.4 Å². The highest BCUT2D eigenvalue weighted by Gasteiger charge is 2.37. The minimum absolute atomic E-state index is 0.122. The van der Waals surface area contributed by atoms with E-state index in [-0.39, 0.29) is 19.3 Å². The Morgan fingerprint density at radius 2 is 1.37 bits per heavy atom. The first-order chi connectivity index (χ1) is 16.7. The van der Waals surface area contributed by atoms with Gasteiger partial charge in [-0.05, 0) is 19.8 Å². The first-order valence-corrected chi connectivity index (χ1v) is 12.7. The second-order valence-electron chi connectivity index (χ2n) is 8.91. The fraction of sp³-hybridized carbons (Fsp3) is 0.958. The first-order valence-electron chi connectivity index (χ1n) is 12.7. The van der Waals surface area contributed by atoms with Crippen molar-refractivity contribution in [3.63, 3.8) is 0 Å². The Morgan fingerprint density at radius 3 is 1.91 bits per heavy atom. The Labute approximate surface area is 208 Å². The van der Waals surface area contributed by atoms with Crippen LogP contribution in [0, 0.1) is 0 Å². The summed E-state index contributed by atoms with van der Waals surface area (Å²) in [5, 5.41) is 67.2. The highest BCUT2D eigenvalue weighted by Crippen LogP contribution is 2.15. The summed E-state index contributed by atoms with van der Waals surface area (Å²) in [5.74, 6) is -1.40. The lowest BCUT2D eigenvalue weighted by Gasteiger charge is -2.30. The SMILES string of the molecule is CCCCCCCCCCC(C)OCOC(CO)C(OC(=O)C(O)C(O)C(O)CCO)C(O)CO. The summed E-state index contributed by atoms with van der Waals surface area (Å²) < 4.78 is 16.0. The molecule has 0 aliphatic rings. The Morgan fingerprint density at radius 1 is 0.771 bits per heavy atom. The van der Waals surface area contributed by atoms with Crippen LogP contribution in [-0.4, -0.2) is 111 Å². The topological polar surface area (TPSA) is 186 Å². The average Bonchev–Trinajstić information content (AvgIpc) is 2.85. The van der Waals surface area contributed by atoms with Gasteiger partial charge in [0.05, 0.1) is 25.4 Å². The molecule has 0 spiro atoms. The number of aliphatic hydroxyl groups excluding tert-OH is 7. The van der Waals surface area contributed by atoms with Gasteiger partial charge in [0.2, 0.25) is 0 Å². The molecule has 0 fully saturated rings. The quantitative estimate of drug-likeness (QED) is 0.0554. The van der Waals surface area contributed by atoms with Gasteiger partial charge in [0.25, 0.3) is 0 Å². The van der Waals surface area contributed by atoms with E-state index >= 15 is 0 Å². The predicted octanol–water partition coefficient (Wildman–Crippen LogP) is -0.0126. The van der Waals surface area contributed by atoms with E-state index in [1.54, 1.807) is 0 Å². The van der Waals surface area contributed by atoms with Crippen molar-refractivity contribution >= 4 is 5.97 Å². The molecule has 35 heavy (non-hydrogen) atoms. The maximum Gasteiger partial charge on any atom is 0.338 e. The zero-order chi connectivity index (χ0) is 26.6. The van der Waals surface area contributed by atoms with Crippen molar-refractivity contribution in [2.24, 2.45) is 0 Å². The number of esters is 1. The van der Waals surface area contributed by atoms with Gasteiger partial charge in [-0.3, -0.25) is 0 Å². The molecule has 210 valence electrons. The van der Waals surface area contributed by atoms with Crippen LogP contribution < -0.4 is 0 Å². The van der Waals surface area contributed by atoms with Gasteiger partial charge >= 0.3 is 5.97 Å². The maximum atomic E-state index is 12.2. The average molecular weight is 513 g/mol. The summed E-state index contributed by atoms with van der Waals surface area (Å²) >= 11 is 0. The minimum atomic E-state index is -2.19. The first kappa shape index (κ1) is 34.1. The van der Waals surface area contributed by atoms with Crippen LogP contribution in [0.2, 0.25) is 0 Å². The third kappa shape index (κ3) is 15.1. The lowest BCUT2D eigenvalue weighted by atomic mass is 10.0. The molecule has 0 aromatic carbocycles. The van der Waals surface area contributed by atoms with Gasteiger partial charge in [0.1, 0.15) is 25.1 Å². The van der Waals surface area contributed by atoms with Gasteiger partial charge in [-0.2, -0.15) is 0 Å². The number of hydrogen-bond donors (Lipinski definition) is 7. The number of rotatable bonds is 23. The summed E-state index contributed by atoms with van der Waals surface area (Å²) in [6.45, 7) is 1.79. The Hall–Kier alpha value is -0.890. The Kier molecular flexibility index (Phi) is 20.7. The van der Waals surface area contributed by atoms with Crippen molar-refractivity contribution in [3.8, 4) is 0 Å². The molecule has 0 aliphatic carbocycles. The van der Waals surface area contributed by atoms with Crippen molar-refractivity contribution in [1.29, 1.82) is 0 Å². The van der Waals surface area contributed by atoms with Crippen LogP contribution in [0.4, 0.5) is 0 Å². The van der Waals surface area contributed by atoms with Crippen LogP contribution in [0.3, 0.4) is 0 Å². The summed E-state index contributed by atoms with van der Waals surface area (Å²) in [6.07, 6.45) is -0.247. The second kappa shape index (κ2) is 21.2. The van der Waals surface area contributed by atoms with Crippen molar-refractivity contribution in [2.45, 2.75) is 121 Å². The number of unbranched alkanes of at least 4 members (excludes halogenated alkanes) is 7. The van der Waals surface area contributed by atoms with E-state index in [1.165, 1.54) is 38.5 Å². The summed E-state index contributed by atoms with van der Waals surface area (Å²) in [4.78, 5) is 12.2. The molecule has 0 aromatic rings. The molecule has 0 aromatic heterocycles. The number of hydrogen-bond acceptors (Lipinski definition) is 11. The van der Waals surface area contributed by atoms with Crippen LogP contribution in [0.25, 0.3) is 0 Å². The monoisotopic (exact) mass is 512 g/mol. The van der Waals surface area contributed by atoms with E-state index in [0.717, 1.165) is 19.3 Å². The lowest BCUT2D eigenvalue weighted by molar-refractivity contribution is -0.205. The molecule has 0 saturated carbocycles. The second-order valence-corrected chi connectivity index (χ2v) is 8.91. The van der Waals surface area contributed by atoms with Crippen LogP contribution in [0.5, 0.6) is 0 Å². The largest absolute Gasteiger partial charge is 0.455 e. The van der Waals surface area contributed by atoms with E-state index in [9.17, 15) is 35.4 Å². The smallest absolute Gasteiger partial charge is 0.338 e. The number of aliphatic hydroxyl groups is 7.